The van der Waals surface area contributed by atoms with E-state index in [9.17, 15) is 4.79 Å². The van der Waals surface area contributed by atoms with E-state index in [1.807, 2.05) is 26.8 Å². The molecule has 0 aromatic carbocycles. The SMILES string of the molecule is Cc1cc(-c2cc(N)c(C(=O)OC(C)(C)C)s2)sc1C. The number of thiophene rings is 2. The zero-order valence-corrected chi connectivity index (χ0v) is 14.0. The Hall–Kier alpha value is -1.33. The Morgan fingerprint density at radius 3 is 2.25 bits per heavy atom. The molecule has 0 fully saturated rings. The van der Waals surface area contributed by atoms with Gasteiger partial charge in [-0.1, -0.05) is 0 Å². The number of esters is 1. The zero-order chi connectivity index (χ0) is 15.1. The topological polar surface area (TPSA) is 52.3 Å². The number of hydrogen-bond acceptors (Lipinski definition) is 5. The summed E-state index contributed by atoms with van der Waals surface area (Å²) < 4.78 is 5.38. The first-order chi connectivity index (χ1) is 9.17. The molecule has 0 amide bonds. The smallest absolute Gasteiger partial charge is 0.350 e. The Kier molecular flexibility index (Phi) is 3.93. The van der Waals surface area contributed by atoms with Crippen LogP contribution in [0.4, 0.5) is 5.69 Å². The molecule has 0 saturated heterocycles. The second-order valence-electron chi connectivity index (χ2n) is 5.75. The fourth-order valence-electron chi connectivity index (χ4n) is 1.71. The molecular weight excluding hydrogens is 290 g/mol. The monoisotopic (exact) mass is 309 g/mol. The minimum Gasteiger partial charge on any atom is -0.456 e. The maximum Gasteiger partial charge on any atom is 0.350 e. The largest absolute Gasteiger partial charge is 0.456 e. The summed E-state index contributed by atoms with van der Waals surface area (Å²) in [4.78, 5) is 16.0. The van der Waals surface area contributed by atoms with Gasteiger partial charge in [-0.3, -0.25) is 0 Å². The van der Waals surface area contributed by atoms with Crippen LogP contribution in [-0.4, -0.2) is 11.6 Å². The number of nitrogen functional groups attached to an aromatic ring is 1. The number of nitrogens with two attached hydrogens (primary N) is 1. The standard InChI is InChI=1S/C15H19NO2S2/c1-8-6-11(19-9(8)2)12-7-10(16)13(20-12)14(17)18-15(3,4)5/h6-7H,16H2,1-5H3. The Bertz CT molecular complexity index is 628. The van der Waals surface area contributed by atoms with Gasteiger partial charge < -0.3 is 10.5 Å². The molecule has 0 aliphatic carbocycles. The zero-order valence-electron chi connectivity index (χ0n) is 12.4. The van der Waals surface area contributed by atoms with E-state index in [0.717, 1.165) is 9.75 Å². The van der Waals surface area contributed by atoms with Crippen molar-refractivity contribution < 1.29 is 9.53 Å². The minimum absolute atomic E-state index is 0.351. The molecule has 20 heavy (non-hydrogen) atoms. The van der Waals surface area contributed by atoms with Crippen LogP contribution in [0.3, 0.4) is 0 Å². The average molecular weight is 309 g/mol. The molecule has 0 saturated carbocycles. The van der Waals surface area contributed by atoms with Gasteiger partial charge in [-0.15, -0.1) is 22.7 Å². The molecule has 2 aromatic heterocycles. The molecule has 2 rings (SSSR count). The van der Waals surface area contributed by atoms with E-state index in [1.54, 1.807) is 11.3 Å². The Balaban J connectivity index is 2.32. The molecule has 0 aliphatic heterocycles. The molecule has 0 bridgehead atoms. The first kappa shape index (κ1) is 15.1. The summed E-state index contributed by atoms with van der Waals surface area (Å²) in [5, 5.41) is 0. The van der Waals surface area contributed by atoms with Crippen LogP contribution < -0.4 is 5.73 Å². The van der Waals surface area contributed by atoms with Crippen molar-refractivity contribution in [3.63, 3.8) is 0 Å². The van der Waals surface area contributed by atoms with Gasteiger partial charge in [0.1, 0.15) is 10.5 Å². The van der Waals surface area contributed by atoms with Crippen molar-refractivity contribution in [2.75, 3.05) is 5.73 Å². The Morgan fingerprint density at radius 1 is 1.15 bits per heavy atom. The van der Waals surface area contributed by atoms with Gasteiger partial charge in [-0.05, 0) is 52.3 Å². The number of hydrogen-bond donors (Lipinski definition) is 1. The second kappa shape index (κ2) is 5.22. The van der Waals surface area contributed by atoms with Crippen LogP contribution in [0.5, 0.6) is 0 Å². The van der Waals surface area contributed by atoms with Gasteiger partial charge in [0.15, 0.2) is 0 Å². The number of carbonyl (C=O) groups is 1. The van der Waals surface area contributed by atoms with E-state index in [2.05, 4.69) is 19.9 Å². The highest BCUT2D eigenvalue weighted by Crippen LogP contribution is 2.38. The molecule has 0 unspecified atom stereocenters. The Labute approximate surface area is 127 Å². The molecule has 0 radical (unpaired) electrons. The first-order valence-electron chi connectivity index (χ1n) is 6.37. The summed E-state index contributed by atoms with van der Waals surface area (Å²) in [7, 11) is 0. The number of rotatable bonds is 2. The highest BCUT2D eigenvalue weighted by atomic mass is 32.1. The first-order valence-corrected chi connectivity index (χ1v) is 8.01. The van der Waals surface area contributed by atoms with Crippen LogP contribution in [0, 0.1) is 13.8 Å². The molecule has 0 atom stereocenters. The molecule has 3 nitrogen and oxygen atoms in total. The van der Waals surface area contributed by atoms with Crippen molar-refractivity contribution in [2.24, 2.45) is 0 Å². The van der Waals surface area contributed by atoms with E-state index in [4.69, 9.17) is 10.5 Å². The fourth-order valence-corrected chi connectivity index (χ4v) is 3.77. The average Bonchev–Trinajstić information content (AvgIpc) is 2.81. The second-order valence-corrected chi connectivity index (χ2v) is 8.06. The molecule has 0 aliphatic rings. The lowest BCUT2D eigenvalue weighted by Gasteiger charge is -2.18. The normalized spacial score (nSPS) is 11.7. The maximum absolute atomic E-state index is 12.1. The number of anilines is 1. The quantitative estimate of drug-likeness (QED) is 0.823. The highest BCUT2D eigenvalue weighted by molar-refractivity contribution is 7.23. The van der Waals surface area contributed by atoms with E-state index >= 15 is 0 Å². The molecule has 108 valence electrons. The van der Waals surface area contributed by atoms with Crippen molar-refractivity contribution in [3.8, 4) is 9.75 Å². The summed E-state index contributed by atoms with van der Waals surface area (Å²) in [5.74, 6) is -0.351. The third kappa shape index (κ3) is 3.22. The third-order valence-electron chi connectivity index (χ3n) is 2.75. The van der Waals surface area contributed by atoms with Gasteiger partial charge in [-0.2, -0.15) is 0 Å². The molecule has 2 heterocycles. The molecule has 2 N–H and O–H groups in total. The highest BCUT2D eigenvalue weighted by Gasteiger charge is 2.22. The van der Waals surface area contributed by atoms with Crippen molar-refractivity contribution in [2.45, 2.75) is 40.2 Å². The van der Waals surface area contributed by atoms with Crippen molar-refractivity contribution in [1.29, 1.82) is 0 Å². The van der Waals surface area contributed by atoms with Crippen LogP contribution in [0.2, 0.25) is 0 Å². The molecule has 2 aromatic rings. The van der Waals surface area contributed by atoms with Gasteiger partial charge in [0, 0.05) is 14.6 Å². The Morgan fingerprint density at radius 2 is 1.75 bits per heavy atom. The van der Waals surface area contributed by atoms with Crippen molar-refractivity contribution in [1.82, 2.24) is 0 Å². The van der Waals surface area contributed by atoms with Gasteiger partial charge in [0.2, 0.25) is 0 Å². The van der Waals surface area contributed by atoms with Crippen LogP contribution >= 0.6 is 22.7 Å². The predicted octanol–water partition coefficient (Wildman–Crippen LogP) is 4.63. The lowest BCUT2D eigenvalue weighted by molar-refractivity contribution is 0.00764. The van der Waals surface area contributed by atoms with Crippen LogP contribution in [0.1, 0.15) is 40.9 Å². The van der Waals surface area contributed by atoms with E-state index in [-0.39, 0.29) is 5.97 Å². The fraction of sp³-hybridized carbons (Fsp3) is 0.400. The van der Waals surface area contributed by atoms with Crippen LogP contribution in [0.25, 0.3) is 9.75 Å². The summed E-state index contributed by atoms with van der Waals surface area (Å²) >= 11 is 3.11. The van der Waals surface area contributed by atoms with Crippen molar-refractivity contribution in [3.05, 3.63) is 27.5 Å². The van der Waals surface area contributed by atoms with Crippen LogP contribution in [0.15, 0.2) is 12.1 Å². The predicted molar refractivity (Wildman–Crippen MR) is 86.7 cm³/mol. The number of ether oxygens (including phenoxy) is 1. The maximum atomic E-state index is 12.1. The van der Waals surface area contributed by atoms with Gasteiger partial charge in [0.25, 0.3) is 0 Å². The number of carbonyl (C=O) groups excluding carboxylic acids is 1. The van der Waals surface area contributed by atoms with E-state index in [1.165, 1.54) is 21.8 Å². The summed E-state index contributed by atoms with van der Waals surface area (Å²) in [6.07, 6.45) is 0. The van der Waals surface area contributed by atoms with Crippen molar-refractivity contribution >= 4 is 34.3 Å². The molecule has 0 spiro atoms. The lowest BCUT2D eigenvalue weighted by atomic mass is 10.2. The minimum atomic E-state index is -0.510. The van der Waals surface area contributed by atoms with Gasteiger partial charge >= 0.3 is 5.97 Å². The lowest BCUT2D eigenvalue weighted by Crippen LogP contribution is -2.23. The van der Waals surface area contributed by atoms with Crippen LogP contribution in [-0.2, 0) is 4.74 Å². The van der Waals surface area contributed by atoms with Gasteiger partial charge in [0.05, 0.1) is 5.69 Å². The molecular formula is C15H19NO2S2. The summed E-state index contributed by atoms with van der Waals surface area (Å²) in [5.41, 5.74) is 7.20. The summed E-state index contributed by atoms with van der Waals surface area (Å²) in [6, 6.07) is 3.98. The van der Waals surface area contributed by atoms with Gasteiger partial charge in [-0.25, -0.2) is 4.79 Å². The van der Waals surface area contributed by atoms with E-state index < -0.39 is 5.60 Å². The third-order valence-corrected chi connectivity index (χ3v) is 5.23. The number of aryl methyl sites for hydroxylation is 2. The molecule has 5 heteroatoms. The van der Waals surface area contributed by atoms with E-state index in [0.29, 0.717) is 10.6 Å². The summed E-state index contributed by atoms with van der Waals surface area (Å²) in [6.45, 7) is 9.72.